The van der Waals surface area contributed by atoms with E-state index in [9.17, 15) is 4.79 Å². The van der Waals surface area contributed by atoms with Crippen molar-refractivity contribution < 1.29 is 13.9 Å². The summed E-state index contributed by atoms with van der Waals surface area (Å²) in [6.07, 6.45) is 0.467. The second kappa shape index (κ2) is 4.85. The molecule has 0 aliphatic heterocycles. The van der Waals surface area contributed by atoms with Gasteiger partial charge in [-0.15, -0.1) is 0 Å². The average Bonchev–Trinajstić information content (AvgIpc) is 3.07. The molecule has 0 aliphatic rings. The quantitative estimate of drug-likeness (QED) is 0.310. The molecule has 0 radical (unpaired) electrons. The highest BCUT2D eigenvalue weighted by molar-refractivity contribution is 5.82. The van der Waals surface area contributed by atoms with Gasteiger partial charge in [-0.2, -0.15) is 5.10 Å². The molecule has 0 fully saturated rings. The van der Waals surface area contributed by atoms with Crippen LogP contribution >= 0.6 is 0 Å². The van der Waals surface area contributed by atoms with E-state index in [1.807, 2.05) is 12.1 Å². The van der Waals surface area contributed by atoms with Crippen LogP contribution in [0.3, 0.4) is 0 Å². The molecule has 20 heavy (non-hydrogen) atoms. The molecule has 1 aromatic carbocycles. The molecule has 0 aliphatic carbocycles. The van der Waals surface area contributed by atoms with Gasteiger partial charge in [0.2, 0.25) is 0 Å². The summed E-state index contributed by atoms with van der Waals surface area (Å²) in [7, 11) is 0. The highest BCUT2D eigenvalue weighted by atomic mass is 16.6. The lowest BCUT2D eigenvalue weighted by Gasteiger charge is -2.00. The zero-order chi connectivity index (χ0) is 13.9. The minimum atomic E-state index is -0.903. The summed E-state index contributed by atoms with van der Waals surface area (Å²) in [5.41, 5.74) is 3.40. The standard InChI is InChI=1S/C10H9N7O3/c11-14-9(18)20-10-17-16-8(19-10)13-6-1-2-7-5(3-6)4-12-15-7/h1-4H,11H2,(H,12,15)(H,13,16)(H,14,18). The molecular weight excluding hydrogens is 266 g/mol. The van der Waals surface area contributed by atoms with Crippen molar-refractivity contribution in [2.75, 3.05) is 5.32 Å². The molecule has 0 bridgehead atoms. The van der Waals surface area contributed by atoms with Crippen molar-refractivity contribution in [2.45, 2.75) is 0 Å². The van der Waals surface area contributed by atoms with Crippen molar-refractivity contribution in [3.63, 3.8) is 0 Å². The number of anilines is 2. The third kappa shape index (κ3) is 2.35. The van der Waals surface area contributed by atoms with Crippen LogP contribution in [0, 0.1) is 0 Å². The van der Waals surface area contributed by atoms with Gasteiger partial charge in [-0.3, -0.25) is 10.5 Å². The lowest BCUT2D eigenvalue weighted by molar-refractivity contribution is 0.185. The lowest BCUT2D eigenvalue weighted by Crippen LogP contribution is -2.32. The summed E-state index contributed by atoms with van der Waals surface area (Å²) in [4.78, 5) is 10.8. The summed E-state index contributed by atoms with van der Waals surface area (Å²) < 4.78 is 9.63. The minimum absolute atomic E-state index is 0.0765. The second-order valence-corrected chi connectivity index (χ2v) is 3.70. The van der Waals surface area contributed by atoms with Gasteiger partial charge in [0.15, 0.2) is 0 Å². The number of nitrogens with zero attached hydrogens (tertiary/aromatic N) is 3. The Hall–Kier alpha value is -3.14. The number of aromatic nitrogens is 4. The molecular formula is C10H9N7O3. The first-order valence-electron chi connectivity index (χ1n) is 5.47. The van der Waals surface area contributed by atoms with Crippen molar-refractivity contribution in [3.05, 3.63) is 24.4 Å². The Balaban J connectivity index is 1.75. The van der Waals surface area contributed by atoms with Gasteiger partial charge in [-0.1, -0.05) is 10.2 Å². The SMILES string of the molecule is NNC(=O)Oc1nnc(Nc2ccc3[nH]ncc3c2)o1. The van der Waals surface area contributed by atoms with E-state index in [0.29, 0.717) is 0 Å². The van der Waals surface area contributed by atoms with Crippen molar-refractivity contribution in [1.29, 1.82) is 0 Å². The van der Waals surface area contributed by atoms with E-state index in [1.165, 1.54) is 0 Å². The number of H-pyrrole nitrogens is 1. The van der Waals surface area contributed by atoms with Crippen molar-refractivity contribution in [1.82, 2.24) is 25.8 Å². The molecule has 3 aromatic rings. The Kier molecular flexibility index (Phi) is 2.89. The first kappa shape index (κ1) is 11.9. The van der Waals surface area contributed by atoms with Crippen molar-refractivity contribution in [2.24, 2.45) is 5.84 Å². The Morgan fingerprint density at radius 2 is 2.30 bits per heavy atom. The summed E-state index contributed by atoms with van der Waals surface area (Å²) in [6, 6.07) is 5.57. The first-order valence-corrected chi connectivity index (χ1v) is 5.47. The normalized spacial score (nSPS) is 10.4. The predicted molar refractivity (Wildman–Crippen MR) is 67.0 cm³/mol. The smallest absolute Gasteiger partial charge is 0.374 e. The van der Waals surface area contributed by atoms with Crippen LogP contribution < -0.4 is 21.3 Å². The Morgan fingerprint density at radius 3 is 3.15 bits per heavy atom. The third-order valence-corrected chi connectivity index (χ3v) is 2.40. The number of hydrogen-bond donors (Lipinski definition) is 4. The molecule has 5 N–H and O–H groups in total. The van der Waals surface area contributed by atoms with E-state index in [0.717, 1.165) is 16.6 Å². The molecule has 3 rings (SSSR count). The number of nitrogens with one attached hydrogen (secondary N) is 3. The van der Waals surface area contributed by atoms with Gasteiger partial charge in [0.1, 0.15) is 0 Å². The van der Waals surface area contributed by atoms with Crippen molar-refractivity contribution in [3.8, 4) is 6.08 Å². The largest absolute Gasteiger partial charge is 0.430 e. The van der Waals surface area contributed by atoms with Crippen LogP contribution in [0.25, 0.3) is 10.9 Å². The van der Waals surface area contributed by atoms with Gasteiger partial charge < -0.3 is 14.5 Å². The molecule has 0 unspecified atom stereocenters. The number of fused-ring (bicyclic) bond motifs is 1. The van der Waals surface area contributed by atoms with Gasteiger partial charge in [-0.05, 0) is 18.2 Å². The van der Waals surface area contributed by atoms with Gasteiger partial charge in [0, 0.05) is 11.1 Å². The Bertz CT molecular complexity index is 750. The summed E-state index contributed by atoms with van der Waals surface area (Å²) in [6.45, 7) is 0. The van der Waals surface area contributed by atoms with Gasteiger partial charge in [-0.25, -0.2) is 10.6 Å². The summed E-state index contributed by atoms with van der Waals surface area (Å²) in [5.74, 6) is 4.85. The van der Waals surface area contributed by atoms with Gasteiger partial charge in [0.25, 0.3) is 0 Å². The number of rotatable bonds is 3. The number of nitrogens with two attached hydrogens (primary N) is 1. The van der Waals surface area contributed by atoms with E-state index >= 15 is 0 Å². The number of benzene rings is 1. The zero-order valence-corrected chi connectivity index (χ0v) is 9.95. The number of carbonyl (C=O) groups is 1. The Morgan fingerprint density at radius 1 is 1.40 bits per heavy atom. The van der Waals surface area contributed by atoms with Crippen LogP contribution in [-0.4, -0.2) is 26.5 Å². The van der Waals surface area contributed by atoms with Crippen LogP contribution in [0.1, 0.15) is 0 Å². The number of carbonyl (C=O) groups excluding carboxylic acids is 1. The number of ether oxygens (including phenoxy) is 1. The van der Waals surface area contributed by atoms with E-state index in [1.54, 1.807) is 17.7 Å². The molecule has 10 heteroatoms. The van der Waals surface area contributed by atoms with Crippen LogP contribution in [0.2, 0.25) is 0 Å². The van der Waals surface area contributed by atoms with Crippen LogP contribution in [0.15, 0.2) is 28.8 Å². The van der Waals surface area contributed by atoms with Crippen LogP contribution in [0.4, 0.5) is 16.5 Å². The minimum Gasteiger partial charge on any atom is -0.374 e. The maximum atomic E-state index is 10.8. The highest BCUT2D eigenvalue weighted by Gasteiger charge is 2.11. The van der Waals surface area contributed by atoms with Gasteiger partial charge >= 0.3 is 18.2 Å². The number of aromatic amines is 1. The van der Waals surface area contributed by atoms with E-state index < -0.39 is 6.09 Å². The molecule has 0 saturated carbocycles. The second-order valence-electron chi connectivity index (χ2n) is 3.70. The monoisotopic (exact) mass is 275 g/mol. The van der Waals surface area contributed by atoms with E-state index in [4.69, 9.17) is 10.3 Å². The molecule has 2 heterocycles. The number of hydrazine groups is 1. The van der Waals surface area contributed by atoms with Gasteiger partial charge in [0.05, 0.1) is 11.7 Å². The predicted octanol–water partition coefficient (Wildman–Crippen LogP) is 0.652. The molecule has 10 nitrogen and oxygen atoms in total. The molecule has 0 saturated heterocycles. The summed E-state index contributed by atoms with van der Waals surface area (Å²) >= 11 is 0. The fourth-order valence-electron chi connectivity index (χ4n) is 1.55. The van der Waals surface area contributed by atoms with Crippen LogP contribution in [-0.2, 0) is 0 Å². The fourth-order valence-corrected chi connectivity index (χ4v) is 1.55. The maximum Gasteiger partial charge on any atom is 0.430 e. The van der Waals surface area contributed by atoms with Crippen LogP contribution in [0.5, 0.6) is 6.08 Å². The first-order chi connectivity index (χ1) is 9.74. The average molecular weight is 275 g/mol. The molecule has 0 spiro atoms. The highest BCUT2D eigenvalue weighted by Crippen LogP contribution is 2.21. The summed E-state index contributed by atoms with van der Waals surface area (Å²) in [5, 5.41) is 17.7. The number of amides is 1. The fraction of sp³-hybridized carbons (Fsp3) is 0. The topological polar surface area (TPSA) is 144 Å². The Labute approximate surface area is 111 Å². The molecule has 102 valence electrons. The third-order valence-electron chi connectivity index (χ3n) is 2.40. The number of hydrogen-bond acceptors (Lipinski definition) is 8. The zero-order valence-electron chi connectivity index (χ0n) is 9.95. The molecule has 1 amide bonds. The van der Waals surface area contributed by atoms with E-state index in [2.05, 4.69) is 30.4 Å². The lowest BCUT2D eigenvalue weighted by atomic mass is 10.2. The van der Waals surface area contributed by atoms with Crippen molar-refractivity contribution >= 4 is 28.7 Å². The maximum absolute atomic E-state index is 10.8. The molecule has 2 aromatic heterocycles. The van der Waals surface area contributed by atoms with E-state index in [-0.39, 0.29) is 12.1 Å². The molecule has 0 atom stereocenters.